The summed E-state index contributed by atoms with van der Waals surface area (Å²) in [6.45, 7) is 7.43. The summed E-state index contributed by atoms with van der Waals surface area (Å²) in [6, 6.07) is 5.32. The number of amides is 1. The molecule has 6 nitrogen and oxygen atoms in total. The lowest BCUT2D eigenvalue weighted by molar-refractivity contribution is -0.155. The fourth-order valence-corrected chi connectivity index (χ4v) is 3.04. The van der Waals surface area contributed by atoms with Crippen LogP contribution in [-0.2, 0) is 16.1 Å². The molecule has 146 valence electrons. The number of nitrogens with zero attached hydrogens (tertiary/aromatic N) is 3. The van der Waals surface area contributed by atoms with E-state index in [1.807, 2.05) is 10.6 Å². The van der Waals surface area contributed by atoms with Gasteiger partial charge in [-0.1, -0.05) is 23.6 Å². The first-order valence-electron chi connectivity index (χ1n) is 8.92. The van der Waals surface area contributed by atoms with Crippen LogP contribution in [0.15, 0.2) is 24.5 Å². The van der Waals surface area contributed by atoms with E-state index in [4.69, 9.17) is 16.3 Å². The van der Waals surface area contributed by atoms with Gasteiger partial charge in [-0.2, -0.15) is 0 Å². The van der Waals surface area contributed by atoms with Crippen molar-refractivity contribution in [3.63, 3.8) is 0 Å². The first kappa shape index (κ1) is 20.0. The normalized spacial score (nSPS) is 14.4. The van der Waals surface area contributed by atoms with Crippen molar-refractivity contribution >= 4 is 23.5 Å². The fourth-order valence-electron chi connectivity index (χ4n) is 2.79. The predicted octanol–water partition coefficient (Wildman–Crippen LogP) is 3.44. The highest BCUT2D eigenvalue weighted by Crippen LogP contribution is 2.30. The zero-order valence-electron chi connectivity index (χ0n) is 16.5. The molecule has 1 unspecified atom stereocenters. The van der Waals surface area contributed by atoms with E-state index in [1.165, 1.54) is 0 Å². The van der Waals surface area contributed by atoms with E-state index in [1.54, 1.807) is 58.1 Å². The number of carbonyl (C=O) groups excluding carboxylic acids is 2. The minimum absolute atomic E-state index is 0.157. The van der Waals surface area contributed by atoms with Gasteiger partial charge >= 0.3 is 5.97 Å². The highest BCUT2D eigenvalue weighted by molar-refractivity contribution is 6.34. The van der Waals surface area contributed by atoms with Crippen molar-refractivity contribution < 1.29 is 14.3 Å². The lowest BCUT2D eigenvalue weighted by Crippen LogP contribution is -2.26. The molecule has 1 aliphatic rings. The fraction of sp³-hybridized carbons (Fsp3) is 0.381. The molecule has 1 aliphatic heterocycles. The number of fused-ring (bicyclic) bond motifs is 3. The average molecular weight is 400 g/mol. The molecular weight excluding hydrogens is 378 g/mol. The van der Waals surface area contributed by atoms with Gasteiger partial charge in [0.05, 0.1) is 33.9 Å². The number of benzene rings is 1. The number of ether oxygens (including phenoxy) is 1. The van der Waals surface area contributed by atoms with Crippen LogP contribution in [0.25, 0.3) is 5.69 Å². The molecule has 1 aromatic heterocycles. The summed E-state index contributed by atoms with van der Waals surface area (Å²) in [5, 5.41) is 0.395. The maximum absolute atomic E-state index is 12.7. The third kappa shape index (κ3) is 3.76. The second kappa shape index (κ2) is 7.33. The molecule has 2 aromatic rings. The van der Waals surface area contributed by atoms with Crippen LogP contribution in [0.5, 0.6) is 0 Å². The van der Waals surface area contributed by atoms with Crippen molar-refractivity contribution in [1.29, 1.82) is 0 Å². The van der Waals surface area contributed by atoms with Crippen LogP contribution >= 0.6 is 11.6 Å². The Morgan fingerprint density at radius 3 is 2.75 bits per heavy atom. The van der Waals surface area contributed by atoms with Crippen LogP contribution in [-0.4, -0.2) is 39.5 Å². The number of rotatable bonds is 1. The number of hydrogen-bond donors (Lipinski definition) is 0. The molecule has 7 heteroatoms. The van der Waals surface area contributed by atoms with Crippen molar-refractivity contribution in [1.82, 2.24) is 14.5 Å². The van der Waals surface area contributed by atoms with E-state index >= 15 is 0 Å². The van der Waals surface area contributed by atoms with Crippen molar-refractivity contribution in [3.8, 4) is 17.5 Å². The Morgan fingerprint density at radius 1 is 1.36 bits per heavy atom. The van der Waals surface area contributed by atoms with Crippen molar-refractivity contribution in [2.45, 2.75) is 40.3 Å². The van der Waals surface area contributed by atoms with E-state index in [0.717, 1.165) is 5.69 Å². The lowest BCUT2D eigenvalue weighted by atomic mass is 9.97. The third-order valence-corrected chi connectivity index (χ3v) is 4.67. The highest BCUT2D eigenvalue weighted by Gasteiger charge is 2.28. The number of hydrogen-bond acceptors (Lipinski definition) is 4. The number of halogens is 1. The molecule has 0 fully saturated rings. The summed E-state index contributed by atoms with van der Waals surface area (Å²) < 4.78 is 7.19. The summed E-state index contributed by atoms with van der Waals surface area (Å²) in [5.41, 5.74) is 1.83. The Bertz CT molecular complexity index is 1010. The molecule has 2 heterocycles. The van der Waals surface area contributed by atoms with Gasteiger partial charge in [0.1, 0.15) is 12.0 Å². The van der Waals surface area contributed by atoms with Crippen LogP contribution < -0.4 is 0 Å². The van der Waals surface area contributed by atoms with Gasteiger partial charge in [0, 0.05) is 7.05 Å². The Hall–Kier alpha value is -2.78. The highest BCUT2D eigenvalue weighted by atomic mass is 35.5. The molecule has 3 rings (SSSR count). The van der Waals surface area contributed by atoms with Gasteiger partial charge < -0.3 is 9.64 Å². The Balaban J connectivity index is 1.96. The van der Waals surface area contributed by atoms with E-state index in [9.17, 15) is 9.59 Å². The van der Waals surface area contributed by atoms with Gasteiger partial charge in [-0.05, 0) is 45.7 Å². The SMILES string of the molecule is CC(C#Cc1ncn2c1CN(C)C(=O)c1c(Cl)cccc1-2)OC(=O)C(C)(C)C. The van der Waals surface area contributed by atoms with Crippen LogP contribution in [0.1, 0.15) is 49.4 Å². The molecule has 0 radical (unpaired) electrons. The Morgan fingerprint density at radius 2 is 2.07 bits per heavy atom. The molecule has 0 N–H and O–H groups in total. The molecule has 1 aromatic carbocycles. The van der Waals surface area contributed by atoms with Gasteiger partial charge in [0.15, 0.2) is 6.10 Å². The maximum Gasteiger partial charge on any atom is 0.312 e. The lowest BCUT2D eigenvalue weighted by Gasteiger charge is -2.18. The molecule has 0 bridgehead atoms. The second-order valence-electron chi connectivity index (χ2n) is 7.77. The zero-order valence-corrected chi connectivity index (χ0v) is 17.3. The quantitative estimate of drug-likeness (QED) is 0.544. The van der Waals surface area contributed by atoms with Gasteiger partial charge in [0.2, 0.25) is 0 Å². The molecular formula is C21H22ClN3O3. The van der Waals surface area contributed by atoms with E-state index < -0.39 is 11.5 Å². The summed E-state index contributed by atoms with van der Waals surface area (Å²) in [4.78, 5) is 30.7. The minimum Gasteiger partial charge on any atom is -0.449 e. The first-order valence-corrected chi connectivity index (χ1v) is 9.30. The Kier molecular flexibility index (Phi) is 5.22. The summed E-state index contributed by atoms with van der Waals surface area (Å²) in [7, 11) is 1.71. The summed E-state index contributed by atoms with van der Waals surface area (Å²) >= 11 is 6.28. The van der Waals surface area contributed by atoms with Gasteiger partial charge in [-0.3, -0.25) is 14.2 Å². The molecule has 0 spiro atoms. The topological polar surface area (TPSA) is 64.4 Å². The largest absolute Gasteiger partial charge is 0.449 e. The third-order valence-electron chi connectivity index (χ3n) is 4.36. The smallest absolute Gasteiger partial charge is 0.312 e. The first-order chi connectivity index (χ1) is 13.1. The summed E-state index contributed by atoms with van der Waals surface area (Å²) in [6.07, 6.45) is 1.06. The monoisotopic (exact) mass is 399 g/mol. The minimum atomic E-state index is -0.590. The van der Waals surface area contributed by atoms with E-state index in [-0.39, 0.29) is 11.9 Å². The summed E-state index contributed by atoms with van der Waals surface area (Å²) in [5.74, 6) is 5.44. The molecule has 0 aliphatic carbocycles. The maximum atomic E-state index is 12.7. The van der Waals surface area contributed by atoms with Crippen molar-refractivity contribution in [2.24, 2.45) is 5.41 Å². The molecule has 28 heavy (non-hydrogen) atoms. The zero-order chi connectivity index (χ0) is 20.6. The second-order valence-corrected chi connectivity index (χ2v) is 8.18. The van der Waals surface area contributed by atoms with Crippen LogP contribution in [0.2, 0.25) is 5.02 Å². The van der Waals surface area contributed by atoms with Crippen molar-refractivity contribution in [3.05, 3.63) is 46.5 Å². The Labute approximate surface area is 169 Å². The van der Waals surface area contributed by atoms with Gasteiger partial charge in [0.25, 0.3) is 5.91 Å². The standard InChI is InChI=1S/C21H22ClN3O3/c1-13(28-20(27)21(2,3)4)9-10-15-17-11-24(5)19(26)18-14(22)7-6-8-16(18)25(17)12-23-15/h6-8,12-13H,11H2,1-5H3. The van der Waals surface area contributed by atoms with Gasteiger partial charge in [-0.15, -0.1) is 0 Å². The van der Waals surface area contributed by atoms with Crippen LogP contribution in [0, 0.1) is 17.3 Å². The van der Waals surface area contributed by atoms with Gasteiger partial charge in [-0.25, -0.2) is 4.98 Å². The van der Waals surface area contributed by atoms with E-state index in [2.05, 4.69) is 16.8 Å². The predicted molar refractivity (Wildman–Crippen MR) is 106 cm³/mol. The van der Waals surface area contributed by atoms with Crippen molar-refractivity contribution in [2.75, 3.05) is 7.05 Å². The molecule has 0 saturated heterocycles. The molecule has 1 amide bonds. The number of imidazole rings is 1. The number of esters is 1. The van der Waals surface area contributed by atoms with Crippen LogP contribution in [0.4, 0.5) is 0 Å². The van der Waals surface area contributed by atoms with E-state index in [0.29, 0.717) is 28.5 Å². The number of carbonyl (C=O) groups is 2. The molecule has 1 atom stereocenters. The number of aromatic nitrogens is 2. The van der Waals surface area contributed by atoms with Crippen LogP contribution in [0.3, 0.4) is 0 Å². The molecule has 0 saturated carbocycles. The average Bonchev–Trinajstić information content (AvgIpc) is 2.96.